The Morgan fingerprint density at radius 1 is 0.765 bits per heavy atom. The minimum Gasteiger partial charge on any atom is -0.468 e. The van der Waals surface area contributed by atoms with Gasteiger partial charge in [0.15, 0.2) is 26.6 Å². The van der Waals surface area contributed by atoms with Gasteiger partial charge in [0.05, 0.1) is 0 Å². The van der Waals surface area contributed by atoms with Crippen LogP contribution in [0.1, 0.15) is 20.8 Å². The van der Waals surface area contributed by atoms with Crippen LogP contribution >= 0.6 is 0 Å². The normalized spacial score (nSPS) is 9.82. The Morgan fingerprint density at radius 2 is 1.24 bits per heavy atom. The second-order valence-electron chi connectivity index (χ2n) is 2.72. The van der Waals surface area contributed by atoms with Crippen molar-refractivity contribution in [3.63, 3.8) is 0 Å². The second-order valence-corrected chi connectivity index (χ2v) is 2.72. The van der Waals surface area contributed by atoms with E-state index in [1.165, 1.54) is 6.26 Å². The fourth-order valence-electron chi connectivity index (χ4n) is 0.709. The van der Waals surface area contributed by atoms with Crippen molar-refractivity contribution in [2.45, 2.75) is 20.8 Å². The first kappa shape index (κ1) is 16.0. The Balaban J connectivity index is 3.81. The maximum absolute atomic E-state index is 5.17. The molecule has 102 valence electrons. The number of rotatable bonds is 12. The van der Waals surface area contributed by atoms with Gasteiger partial charge in [-0.25, -0.2) is 0 Å². The van der Waals surface area contributed by atoms with E-state index in [0.717, 1.165) is 0 Å². The van der Waals surface area contributed by atoms with Gasteiger partial charge in [0.2, 0.25) is 0 Å². The molecule has 0 aliphatic heterocycles. The molecule has 0 saturated heterocycles. The topological polar surface area (TPSA) is 55.4 Å². The molecule has 0 atom stereocenters. The molecule has 0 radical (unpaired) electrons. The summed E-state index contributed by atoms with van der Waals surface area (Å²) >= 11 is 0. The molecule has 0 aromatic carbocycles. The zero-order valence-corrected chi connectivity index (χ0v) is 10.8. The van der Waals surface area contributed by atoms with Crippen LogP contribution in [0.4, 0.5) is 0 Å². The maximum atomic E-state index is 5.17. The van der Waals surface area contributed by atoms with Crippen LogP contribution in [0.2, 0.25) is 0 Å². The van der Waals surface area contributed by atoms with Crippen LogP contribution < -0.4 is 0 Å². The Morgan fingerprint density at radius 3 is 1.71 bits per heavy atom. The van der Waals surface area contributed by atoms with Gasteiger partial charge < -0.3 is 28.4 Å². The molecule has 0 saturated carbocycles. The molecule has 0 aromatic heterocycles. The Labute approximate surface area is 102 Å². The van der Waals surface area contributed by atoms with Gasteiger partial charge in [-0.05, 0) is 20.8 Å². The van der Waals surface area contributed by atoms with E-state index in [1.807, 2.05) is 20.8 Å². The zero-order chi connectivity index (χ0) is 12.8. The van der Waals surface area contributed by atoms with Gasteiger partial charge in [0.25, 0.3) is 0 Å². The van der Waals surface area contributed by atoms with Gasteiger partial charge in [0.1, 0.15) is 0 Å². The lowest BCUT2D eigenvalue weighted by atomic mass is 10.9. The van der Waals surface area contributed by atoms with E-state index in [2.05, 4.69) is 0 Å². The predicted molar refractivity (Wildman–Crippen MR) is 60.8 cm³/mol. The van der Waals surface area contributed by atoms with Gasteiger partial charge in [-0.2, -0.15) is 0 Å². The molecule has 0 amide bonds. The summed E-state index contributed by atoms with van der Waals surface area (Å²) < 4.78 is 30.4. The lowest BCUT2D eigenvalue weighted by Gasteiger charge is -2.11. The van der Waals surface area contributed by atoms with Crippen LogP contribution in [0.3, 0.4) is 0 Å². The number of ether oxygens (including phenoxy) is 6. The van der Waals surface area contributed by atoms with Crippen molar-refractivity contribution in [3.8, 4) is 0 Å². The summed E-state index contributed by atoms with van der Waals surface area (Å²) in [7, 11) is 0. The van der Waals surface area contributed by atoms with Gasteiger partial charge in [0, 0.05) is 19.8 Å². The molecule has 6 nitrogen and oxygen atoms in total. The third-order valence-corrected chi connectivity index (χ3v) is 1.51. The summed E-state index contributed by atoms with van der Waals surface area (Å²) in [6.07, 6.45) is 1.33. The minimum atomic E-state index is 0.104. The van der Waals surface area contributed by atoms with Crippen LogP contribution in [0.15, 0.2) is 12.2 Å². The third-order valence-electron chi connectivity index (χ3n) is 1.51. The Hall–Kier alpha value is -0.980. The summed E-state index contributed by atoms with van der Waals surface area (Å²) in [5.41, 5.74) is 0. The first-order valence-electron chi connectivity index (χ1n) is 5.65. The average Bonchev–Trinajstić information content (AvgIpc) is 2.34. The monoisotopic (exact) mass is 250 g/mol. The highest BCUT2D eigenvalue weighted by molar-refractivity contribution is 4.74. The highest BCUT2D eigenvalue weighted by Crippen LogP contribution is 2.01. The molecule has 6 heteroatoms. The van der Waals surface area contributed by atoms with Crippen molar-refractivity contribution in [2.24, 2.45) is 0 Å². The Kier molecular flexibility index (Phi) is 12.3. The first-order chi connectivity index (χ1) is 8.35. The lowest BCUT2D eigenvalue weighted by Crippen LogP contribution is -2.07. The van der Waals surface area contributed by atoms with Crippen molar-refractivity contribution in [1.29, 1.82) is 0 Å². The van der Waals surface area contributed by atoms with E-state index in [0.29, 0.717) is 19.8 Å². The van der Waals surface area contributed by atoms with Crippen LogP contribution in [0.25, 0.3) is 0 Å². The molecular formula is C11H22O6. The summed E-state index contributed by atoms with van der Waals surface area (Å²) in [5.74, 6) is 0.201. The van der Waals surface area contributed by atoms with Gasteiger partial charge in [-0.3, -0.25) is 0 Å². The van der Waals surface area contributed by atoms with Crippen LogP contribution in [-0.4, -0.2) is 40.2 Å². The van der Waals surface area contributed by atoms with Crippen molar-refractivity contribution in [2.75, 3.05) is 40.2 Å². The first-order valence-corrected chi connectivity index (χ1v) is 5.65. The van der Waals surface area contributed by atoms with Gasteiger partial charge in [-0.15, -0.1) is 0 Å². The SMILES string of the molecule is CCOCOC=C(OCOCC)OCOCC. The largest absolute Gasteiger partial charge is 0.468 e. The highest BCUT2D eigenvalue weighted by Gasteiger charge is 2.00. The van der Waals surface area contributed by atoms with E-state index >= 15 is 0 Å². The van der Waals surface area contributed by atoms with Crippen LogP contribution in [0, 0.1) is 0 Å². The molecular weight excluding hydrogens is 228 g/mol. The van der Waals surface area contributed by atoms with Crippen molar-refractivity contribution >= 4 is 0 Å². The standard InChI is InChI=1S/C11H22O6/c1-4-12-8-15-7-11(16-9-13-5-2)17-10-14-6-3/h7H,4-6,8-10H2,1-3H3. The summed E-state index contributed by atoms with van der Waals surface area (Å²) in [6, 6.07) is 0. The molecule has 0 N–H and O–H groups in total. The van der Waals surface area contributed by atoms with E-state index in [-0.39, 0.29) is 26.3 Å². The molecule has 0 aromatic rings. The maximum Gasteiger partial charge on any atom is 0.319 e. The van der Waals surface area contributed by atoms with Crippen molar-refractivity contribution < 1.29 is 28.4 Å². The minimum absolute atomic E-state index is 0.104. The van der Waals surface area contributed by atoms with Gasteiger partial charge >= 0.3 is 5.95 Å². The molecule has 0 fully saturated rings. The van der Waals surface area contributed by atoms with E-state index < -0.39 is 0 Å². The van der Waals surface area contributed by atoms with Crippen molar-refractivity contribution in [3.05, 3.63) is 12.2 Å². The molecule has 0 rings (SSSR count). The third kappa shape index (κ3) is 11.3. The summed E-state index contributed by atoms with van der Waals surface area (Å²) in [6.45, 7) is 7.71. The molecule has 0 bridgehead atoms. The van der Waals surface area contributed by atoms with Gasteiger partial charge in [-0.1, -0.05) is 0 Å². The molecule has 0 unspecified atom stereocenters. The fraction of sp³-hybridized carbons (Fsp3) is 0.818. The highest BCUT2D eigenvalue weighted by atomic mass is 16.8. The smallest absolute Gasteiger partial charge is 0.319 e. The second kappa shape index (κ2) is 13.1. The van der Waals surface area contributed by atoms with E-state index in [1.54, 1.807) is 0 Å². The Bertz CT molecular complexity index is 171. The molecule has 0 aliphatic rings. The average molecular weight is 250 g/mol. The summed E-state index contributed by atoms with van der Waals surface area (Å²) in [4.78, 5) is 0. The summed E-state index contributed by atoms with van der Waals surface area (Å²) in [5, 5.41) is 0. The molecule has 17 heavy (non-hydrogen) atoms. The van der Waals surface area contributed by atoms with E-state index in [4.69, 9.17) is 28.4 Å². The van der Waals surface area contributed by atoms with E-state index in [9.17, 15) is 0 Å². The predicted octanol–water partition coefficient (Wildman–Crippen LogP) is 1.82. The lowest BCUT2D eigenvalue weighted by molar-refractivity contribution is -0.120. The van der Waals surface area contributed by atoms with Crippen molar-refractivity contribution in [1.82, 2.24) is 0 Å². The quantitative estimate of drug-likeness (QED) is 0.299. The number of hydrogen-bond donors (Lipinski definition) is 0. The van der Waals surface area contributed by atoms with Crippen LogP contribution in [0.5, 0.6) is 0 Å². The van der Waals surface area contributed by atoms with Crippen LogP contribution in [-0.2, 0) is 28.4 Å². The fourth-order valence-corrected chi connectivity index (χ4v) is 0.709. The molecule has 0 spiro atoms. The number of hydrogen-bond acceptors (Lipinski definition) is 6. The molecule has 0 heterocycles. The zero-order valence-electron chi connectivity index (χ0n) is 10.8. The molecule has 0 aliphatic carbocycles.